The number of likely N-dealkylation sites (N-methyl/N-ethyl adjacent to an activating group) is 1. The van der Waals surface area contributed by atoms with Gasteiger partial charge in [0.25, 0.3) is 17.7 Å². The highest BCUT2D eigenvalue weighted by Crippen LogP contribution is 2.27. The molecule has 148 valence electrons. The van der Waals surface area contributed by atoms with Gasteiger partial charge in [-0.3, -0.25) is 25.2 Å². The molecule has 2 aromatic carbocycles. The molecule has 0 fully saturated rings. The molecule has 0 saturated carbocycles. The van der Waals surface area contributed by atoms with Crippen LogP contribution < -0.4 is 25.8 Å². The van der Waals surface area contributed by atoms with Crippen molar-refractivity contribution in [3.8, 4) is 5.75 Å². The second-order valence-electron chi connectivity index (χ2n) is 6.07. The first-order chi connectivity index (χ1) is 13.4. The fourth-order valence-corrected chi connectivity index (χ4v) is 2.59. The average Bonchev–Trinajstić information content (AvgIpc) is 2.66. The van der Waals surface area contributed by atoms with E-state index in [1.54, 1.807) is 55.6 Å². The van der Waals surface area contributed by atoms with Gasteiger partial charge >= 0.3 is 0 Å². The molecule has 3 amide bonds. The lowest BCUT2D eigenvalue weighted by Crippen LogP contribution is -3.11. The Labute approximate surface area is 167 Å². The Morgan fingerprint density at radius 2 is 1.68 bits per heavy atom. The minimum absolute atomic E-state index is 0.00479. The lowest BCUT2D eigenvalue weighted by Gasteiger charge is -2.15. The van der Waals surface area contributed by atoms with Gasteiger partial charge in [0.1, 0.15) is 5.75 Å². The minimum atomic E-state index is -0.421. The molecule has 28 heavy (non-hydrogen) atoms. The summed E-state index contributed by atoms with van der Waals surface area (Å²) in [5, 5.41) is 3.17. The van der Waals surface area contributed by atoms with Crippen LogP contribution in [0.1, 0.15) is 10.4 Å². The molecule has 0 radical (unpaired) electrons. The lowest BCUT2D eigenvalue weighted by atomic mass is 10.2. The number of hydrogen-bond donors (Lipinski definition) is 4. The summed E-state index contributed by atoms with van der Waals surface area (Å²) in [6, 6.07) is 13.4. The zero-order valence-electron chi connectivity index (χ0n) is 15.5. The third kappa shape index (κ3) is 6.57. The number of methoxy groups -OCH3 is 1. The summed E-state index contributed by atoms with van der Waals surface area (Å²) in [4.78, 5) is 36.7. The van der Waals surface area contributed by atoms with Crippen LogP contribution in [0.5, 0.6) is 5.75 Å². The van der Waals surface area contributed by atoms with Gasteiger partial charge in [-0.15, -0.1) is 0 Å². The number of halogens is 1. The fraction of sp³-hybridized carbons (Fsp3) is 0.211. The highest BCUT2D eigenvalue weighted by atomic mass is 35.5. The van der Waals surface area contributed by atoms with Gasteiger partial charge in [-0.1, -0.05) is 29.8 Å². The van der Waals surface area contributed by atoms with E-state index < -0.39 is 11.8 Å². The van der Waals surface area contributed by atoms with Crippen molar-refractivity contribution < 1.29 is 24.0 Å². The Balaban J connectivity index is 1.79. The molecular weight excluding hydrogens is 384 g/mol. The lowest BCUT2D eigenvalue weighted by molar-refractivity contribution is -0.862. The van der Waals surface area contributed by atoms with Gasteiger partial charge in [-0.05, 0) is 30.3 Å². The zero-order chi connectivity index (χ0) is 20.5. The summed E-state index contributed by atoms with van der Waals surface area (Å²) in [6.45, 7) is 0.0326. The maximum absolute atomic E-state index is 12.2. The predicted octanol–water partition coefficient (Wildman–Crippen LogP) is 0.263. The van der Waals surface area contributed by atoms with Crippen LogP contribution in [0.4, 0.5) is 5.69 Å². The van der Waals surface area contributed by atoms with E-state index in [-0.39, 0.29) is 19.0 Å². The second kappa shape index (κ2) is 10.3. The van der Waals surface area contributed by atoms with E-state index >= 15 is 0 Å². The Kier molecular flexibility index (Phi) is 7.79. The number of anilines is 1. The number of benzene rings is 2. The molecule has 0 spiro atoms. The van der Waals surface area contributed by atoms with E-state index in [0.29, 0.717) is 26.9 Å². The van der Waals surface area contributed by atoms with Gasteiger partial charge in [-0.25, -0.2) is 0 Å². The van der Waals surface area contributed by atoms with E-state index in [9.17, 15) is 14.4 Å². The summed E-state index contributed by atoms with van der Waals surface area (Å²) in [6.07, 6.45) is 0. The van der Waals surface area contributed by atoms with E-state index in [2.05, 4.69) is 16.2 Å². The average molecular weight is 406 g/mol. The summed E-state index contributed by atoms with van der Waals surface area (Å²) in [5.74, 6) is -0.664. The van der Waals surface area contributed by atoms with Crippen molar-refractivity contribution >= 4 is 35.0 Å². The summed E-state index contributed by atoms with van der Waals surface area (Å²) < 4.78 is 5.18. The fourth-order valence-electron chi connectivity index (χ4n) is 2.42. The van der Waals surface area contributed by atoms with Crippen LogP contribution in [-0.2, 0) is 9.59 Å². The Morgan fingerprint density at radius 3 is 2.36 bits per heavy atom. The van der Waals surface area contributed by atoms with Crippen molar-refractivity contribution in [3.63, 3.8) is 0 Å². The van der Waals surface area contributed by atoms with E-state index in [1.165, 1.54) is 7.11 Å². The molecule has 2 aromatic rings. The Bertz CT molecular complexity index is 845. The zero-order valence-corrected chi connectivity index (χ0v) is 16.3. The number of hydrazine groups is 1. The van der Waals surface area contributed by atoms with Crippen molar-refractivity contribution in [2.24, 2.45) is 0 Å². The molecule has 0 saturated heterocycles. The van der Waals surface area contributed by atoms with Crippen LogP contribution in [0, 0.1) is 0 Å². The van der Waals surface area contributed by atoms with Crippen LogP contribution in [0.25, 0.3) is 0 Å². The molecule has 0 bridgehead atoms. The molecule has 0 aliphatic rings. The molecule has 8 nitrogen and oxygen atoms in total. The summed E-state index contributed by atoms with van der Waals surface area (Å²) >= 11 is 5.94. The standard InChI is InChI=1S/C19H21ClN4O4/c1-24(11-17(25)21-15-10-14(20)8-9-16(15)28-2)12-18(26)22-23-19(27)13-6-4-3-5-7-13/h3-10H,11-12H2,1-2H3,(H,21,25)(H,22,26)(H,23,27)/p+1. The second-order valence-corrected chi connectivity index (χ2v) is 6.51. The van der Waals surface area contributed by atoms with Gasteiger partial charge in [0.2, 0.25) is 0 Å². The quantitative estimate of drug-likeness (QED) is 0.496. The molecule has 0 aromatic heterocycles. The van der Waals surface area contributed by atoms with Crippen molar-refractivity contribution in [1.29, 1.82) is 0 Å². The van der Waals surface area contributed by atoms with Crippen LogP contribution in [-0.4, -0.2) is 45.0 Å². The topological polar surface area (TPSA) is 101 Å². The smallest absolute Gasteiger partial charge is 0.293 e. The monoisotopic (exact) mass is 405 g/mol. The maximum Gasteiger partial charge on any atom is 0.293 e. The molecule has 1 unspecified atom stereocenters. The van der Waals surface area contributed by atoms with Gasteiger partial charge in [0.05, 0.1) is 19.8 Å². The highest BCUT2D eigenvalue weighted by molar-refractivity contribution is 6.31. The number of carbonyl (C=O) groups excluding carboxylic acids is 3. The van der Waals surface area contributed by atoms with E-state index in [4.69, 9.17) is 16.3 Å². The van der Waals surface area contributed by atoms with Gasteiger partial charge in [-0.2, -0.15) is 0 Å². The Morgan fingerprint density at radius 1 is 1.00 bits per heavy atom. The van der Waals surface area contributed by atoms with Crippen molar-refractivity contribution in [3.05, 3.63) is 59.1 Å². The number of rotatable bonds is 7. The number of hydrogen-bond acceptors (Lipinski definition) is 4. The van der Waals surface area contributed by atoms with Crippen LogP contribution >= 0.6 is 11.6 Å². The van der Waals surface area contributed by atoms with E-state index in [0.717, 1.165) is 0 Å². The normalized spacial score (nSPS) is 11.2. The van der Waals surface area contributed by atoms with Crippen molar-refractivity contribution in [1.82, 2.24) is 10.9 Å². The molecule has 9 heteroatoms. The molecule has 0 aliphatic heterocycles. The first-order valence-electron chi connectivity index (χ1n) is 8.48. The number of nitrogens with one attached hydrogen (secondary N) is 4. The number of quaternary nitrogens is 1. The molecule has 1 atom stereocenters. The third-order valence-corrected chi connectivity index (χ3v) is 3.95. The number of carbonyl (C=O) groups is 3. The molecule has 4 N–H and O–H groups in total. The van der Waals surface area contributed by atoms with Crippen LogP contribution in [0.2, 0.25) is 5.02 Å². The van der Waals surface area contributed by atoms with Crippen molar-refractivity contribution in [2.75, 3.05) is 32.6 Å². The van der Waals surface area contributed by atoms with Gasteiger partial charge < -0.3 is 15.0 Å². The number of amides is 3. The first-order valence-corrected chi connectivity index (χ1v) is 8.85. The summed E-state index contributed by atoms with van der Waals surface area (Å²) in [7, 11) is 3.18. The summed E-state index contributed by atoms with van der Waals surface area (Å²) in [5.41, 5.74) is 5.55. The predicted molar refractivity (Wildman–Crippen MR) is 105 cm³/mol. The molecule has 0 heterocycles. The molecule has 2 rings (SSSR count). The van der Waals surface area contributed by atoms with Crippen molar-refractivity contribution in [2.45, 2.75) is 0 Å². The minimum Gasteiger partial charge on any atom is -0.495 e. The third-order valence-electron chi connectivity index (χ3n) is 3.71. The van der Waals surface area contributed by atoms with Gasteiger partial charge in [0.15, 0.2) is 13.1 Å². The number of ether oxygens (including phenoxy) is 1. The molecule has 0 aliphatic carbocycles. The van der Waals surface area contributed by atoms with E-state index in [1.807, 2.05) is 0 Å². The van der Waals surface area contributed by atoms with Crippen LogP contribution in [0.15, 0.2) is 48.5 Å². The van der Waals surface area contributed by atoms with Gasteiger partial charge in [0, 0.05) is 10.6 Å². The SMILES string of the molecule is COc1ccc(Cl)cc1NC(=O)C[NH+](C)CC(=O)NNC(=O)c1ccccc1. The highest BCUT2D eigenvalue weighted by Gasteiger charge is 2.16. The maximum atomic E-state index is 12.2. The Hall–Kier alpha value is -3.10. The largest absolute Gasteiger partial charge is 0.495 e. The first kappa shape index (κ1) is 21.2. The molecular formula is C19H22ClN4O4+. The van der Waals surface area contributed by atoms with Crippen LogP contribution in [0.3, 0.4) is 0 Å².